The summed E-state index contributed by atoms with van der Waals surface area (Å²) in [6, 6.07) is 5.11. The monoisotopic (exact) mass is 477 g/mol. The Labute approximate surface area is 192 Å². The highest BCUT2D eigenvalue weighted by atomic mass is 35.5. The number of benzene rings is 1. The Kier molecular flexibility index (Phi) is 7.17. The number of aromatic nitrogens is 3. The Morgan fingerprint density at radius 3 is 2.64 bits per heavy atom. The highest BCUT2D eigenvalue weighted by molar-refractivity contribution is 6.32. The van der Waals surface area contributed by atoms with Crippen molar-refractivity contribution in [1.29, 1.82) is 0 Å². The van der Waals surface area contributed by atoms with E-state index in [-0.39, 0.29) is 40.3 Å². The van der Waals surface area contributed by atoms with E-state index in [0.717, 1.165) is 12.1 Å². The Balaban J connectivity index is 2.05. The lowest BCUT2D eigenvalue weighted by Crippen LogP contribution is -2.40. The van der Waals surface area contributed by atoms with Crippen molar-refractivity contribution in [2.45, 2.75) is 20.8 Å². The Hall–Kier alpha value is -3.66. The molecule has 0 saturated heterocycles. The van der Waals surface area contributed by atoms with Crippen LogP contribution in [0.1, 0.15) is 18.2 Å². The molecule has 3 aromatic rings. The second kappa shape index (κ2) is 9.86. The van der Waals surface area contributed by atoms with E-state index in [1.54, 1.807) is 26.8 Å². The molecule has 3 rings (SSSR count). The maximum absolute atomic E-state index is 14.8. The molecule has 9 nitrogen and oxygen atoms in total. The van der Waals surface area contributed by atoms with Gasteiger partial charge in [0.05, 0.1) is 17.3 Å². The van der Waals surface area contributed by atoms with Gasteiger partial charge >= 0.3 is 11.7 Å². The maximum Gasteiger partial charge on any atom is 0.344 e. The minimum Gasteiger partial charge on any atom is -0.463 e. The van der Waals surface area contributed by atoms with Gasteiger partial charge in [0.15, 0.2) is 12.4 Å². The van der Waals surface area contributed by atoms with Crippen molar-refractivity contribution in [2.75, 3.05) is 13.2 Å². The third kappa shape index (κ3) is 4.90. The minimum absolute atomic E-state index is 0.0354. The number of pyridine rings is 1. The van der Waals surface area contributed by atoms with E-state index in [1.807, 2.05) is 0 Å². The van der Waals surface area contributed by atoms with E-state index < -0.39 is 29.6 Å². The lowest BCUT2D eigenvalue weighted by Gasteiger charge is -2.15. The molecular formula is C22H21ClFN3O6. The first-order chi connectivity index (χ1) is 15.6. The highest BCUT2D eigenvalue weighted by Crippen LogP contribution is 2.35. The van der Waals surface area contributed by atoms with Gasteiger partial charge in [-0.3, -0.25) is 4.79 Å². The molecule has 33 heavy (non-hydrogen) atoms. The third-order valence-electron chi connectivity index (χ3n) is 4.88. The molecule has 0 saturated carbocycles. The number of hydrogen-bond donors (Lipinski definition) is 0. The fourth-order valence-corrected chi connectivity index (χ4v) is 3.13. The minimum atomic E-state index is -0.889. The van der Waals surface area contributed by atoms with Crippen molar-refractivity contribution in [3.8, 4) is 23.1 Å². The summed E-state index contributed by atoms with van der Waals surface area (Å²) in [7, 11) is 1.48. The molecule has 0 aliphatic carbocycles. The van der Waals surface area contributed by atoms with E-state index >= 15 is 0 Å². The Bertz CT molecular complexity index is 1300. The Morgan fingerprint density at radius 1 is 1.21 bits per heavy atom. The van der Waals surface area contributed by atoms with Crippen LogP contribution in [0.4, 0.5) is 4.39 Å². The molecule has 174 valence electrons. The standard InChI is InChI=1S/C22H21ClFN3O6/c1-5-31-19(28)11-32-20-17(7-6-8-25-20)33-18-10-16(15(24)9-14(18)23)27-21(29)12(2)13(3)26(4)22(27)30/h6-10H,5,11H2,1-4H3. The summed E-state index contributed by atoms with van der Waals surface area (Å²) in [5.41, 5.74) is -0.972. The van der Waals surface area contributed by atoms with E-state index in [1.165, 1.54) is 23.9 Å². The first-order valence-electron chi connectivity index (χ1n) is 9.85. The number of carbonyl (C=O) groups is 1. The van der Waals surface area contributed by atoms with Crippen molar-refractivity contribution >= 4 is 17.6 Å². The number of esters is 1. The number of hydrogen-bond acceptors (Lipinski definition) is 7. The molecule has 0 fully saturated rings. The average Bonchev–Trinajstić information content (AvgIpc) is 2.79. The molecular weight excluding hydrogens is 457 g/mol. The third-order valence-corrected chi connectivity index (χ3v) is 5.17. The van der Waals surface area contributed by atoms with Crippen LogP contribution in [-0.2, 0) is 16.6 Å². The van der Waals surface area contributed by atoms with E-state index in [0.29, 0.717) is 10.3 Å². The summed E-state index contributed by atoms with van der Waals surface area (Å²) in [4.78, 5) is 41.1. The largest absolute Gasteiger partial charge is 0.463 e. The van der Waals surface area contributed by atoms with Crippen LogP contribution in [0.3, 0.4) is 0 Å². The van der Waals surface area contributed by atoms with Crippen LogP contribution in [-0.4, -0.2) is 33.3 Å². The molecule has 0 N–H and O–H groups in total. The van der Waals surface area contributed by atoms with Gasteiger partial charge in [-0.05, 0) is 39.0 Å². The number of halogens is 2. The topological polar surface area (TPSA) is 102 Å². The normalized spacial score (nSPS) is 10.7. The molecule has 2 aromatic heterocycles. The number of ether oxygens (including phenoxy) is 3. The SMILES string of the molecule is CCOC(=O)COc1ncccc1Oc1cc(-n2c(=O)c(C)c(C)n(C)c2=O)c(F)cc1Cl. The second-order valence-electron chi connectivity index (χ2n) is 6.93. The number of nitrogens with zero attached hydrogens (tertiary/aromatic N) is 3. The van der Waals surface area contributed by atoms with Crippen molar-refractivity contribution in [3.63, 3.8) is 0 Å². The van der Waals surface area contributed by atoms with Gasteiger partial charge in [0.1, 0.15) is 11.6 Å². The van der Waals surface area contributed by atoms with Crippen LogP contribution in [0.2, 0.25) is 5.02 Å². The summed E-state index contributed by atoms with van der Waals surface area (Å²) in [5, 5.41) is -0.120. The van der Waals surface area contributed by atoms with Gasteiger partial charge < -0.3 is 18.8 Å². The predicted molar refractivity (Wildman–Crippen MR) is 118 cm³/mol. The van der Waals surface area contributed by atoms with Crippen molar-refractivity contribution in [2.24, 2.45) is 7.05 Å². The van der Waals surface area contributed by atoms with Crippen LogP contribution in [0.15, 0.2) is 40.1 Å². The van der Waals surface area contributed by atoms with Gasteiger partial charge in [-0.15, -0.1) is 0 Å². The van der Waals surface area contributed by atoms with Gasteiger partial charge in [0.2, 0.25) is 0 Å². The first kappa shape index (κ1) is 24.0. The molecule has 11 heteroatoms. The zero-order chi connectivity index (χ0) is 24.3. The fourth-order valence-electron chi connectivity index (χ4n) is 2.95. The summed E-state index contributed by atoms with van der Waals surface area (Å²) >= 11 is 6.16. The molecule has 0 spiro atoms. The lowest BCUT2D eigenvalue weighted by atomic mass is 10.2. The lowest BCUT2D eigenvalue weighted by molar-refractivity contribution is -0.145. The van der Waals surface area contributed by atoms with Crippen molar-refractivity contribution in [1.82, 2.24) is 14.1 Å². The zero-order valence-electron chi connectivity index (χ0n) is 18.3. The molecule has 0 amide bonds. The Morgan fingerprint density at radius 2 is 1.94 bits per heavy atom. The first-order valence-corrected chi connectivity index (χ1v) is 10.2. The van der Waals surface area contributed by atoms with Crippen LogP contribution < -0.4 is 20.7 Å². The van der Waals surface area contributed by atoms with Crippen LogP contribution in [0.5, 0.6) is 17.4 Å². The molecule has 0 aliphatic rings. The molecule has 0 radical (unpaired) electrons. The highest BCUT2D eigenvalue weighted by Gasteiger charge is 2.20. The van der Waals surface area contributed by atoms with E-state index in [2.05, 4.69) is 4.98 Å². The van der Waals surface area contributed by atoms with Crippen LogP contribution >= 0.6 is 11.6 Å². The zero-order valence-corrected chi connectivity index (χ0v) is 19.1. The van der Waals surface area contributed by atoms with Gasteiger partial charge in [-0.2, -0.15) is 0 Å². The van der Waals surface area contributed by atoms with Crippen molar-refractivity contribution < 1.29 is 23.4 Å². The van der Waals surface area contributed by atoms with E-state index in [4.69, 9.17) is 25.8 Å². The predicted octanol–water partition coefficient (Wildman–Crippen LogP) is 3.07. The van der Waals surface area contributed by atoms with Gasteiger partial charge in [-0.1, -0.05) is 11.6 Å². The summed E-state index contributed by atoms with van der Waals surface area (Å²) in [5.74, 6) is -1.51. The maximum atomic E-state index is 14.8. The molecule has 0 unspecified atom stereocenters. The number of rotatable bonds is 7. The summed E-state index contributed by atoms with van der Waals surface area (Å²) in [6.45, 7) is 4.61. The molecule has 2 heterocycles. The van der Waals surface area contributed by atoms with Crippen LogP contribution in [0.25, 0.3) is 5.69 Å². The number of carbonyl (C=O) groups excluding carboxylic acids is 1. The smallest absolute Gasteiger partial charge is 0.344 e. The van der Waals surface area contributed by atoms with Crippen LogP contribution in [0, 0.1) is 19.7 Å². The van der Waals surface area contributed by atoms with Gasteiger partial charge in [0, 0.05) is 30.6 Å². The van der Waals surface area contributed by atoms with E-state index in [9.17, 15) is 18.8 Å². The summed E-state index contributed by atoms with van der Waals surface area (Å²) in [6.07, 6.45) is 1.42. The van der Waals surface area contributed by atoms with Gasteiger partial charge in [0.25, 0.3) is 11.4 Å². The van der Waals surface area contributed by atoms with Gasteiger partial charge in [-0.25, -0.2) is 23.5 Å². The van der Waals surface area contributed by atoms with Crippen molar-refractivity contribution in [3.05, 3.63) is 73.4 Å². The quantitative estimate of drug-likeness (QED) is 0.482. The fraction of sp³-hybridized carbons (Fsp3) is 0.273. The molecule has 1 aromatic carbocycles. The molecule has 0 aliphatic heterocycles. The average molecular weight is 478 g/mol. The second-order valence-corrected chi connectivity index (χ2v) is 7.34. The summed E-state index contributed by atoms with van der Waals surface area (Å²) < 4.78 is 32.7. The molecule has 0 atom stereocenters. The molecule has 0 bridgehead atoms.